The molecule has 43 heavy (non-hydrogen) atoms. The van der Waals surface area contributed by atoms with Crippen LogP contribution in [0.4, 0.5) is 0 Å². The van der Waals surface area contributed by atoms with E-state index in [9.17, 15) is 19.2 Å². The number of hydrogen-bond donors (Lipinski definition) is 1. The predicted molar refractivity (Wildman–Crippen MR) is 165 cm³/mol. The molecule has 5 fully saturated rings. The molecule has 0 saturated heterocycles. The summed E-state index contributed by atoms with van der Waals surface area (Å²) in [5.41, 5.74) is 0.550. The average Bonchev–Trinajstić information content (AvgIpc) is 3.36. The van der Waals surface area contributed by atoms with Gasteiger partial charge in [0.1, 0.15) is 11.8 Å². The summed E-state index contributed by atoms with van der Waals surface area (Å²) in [5, 5.41) is 2.98. The van der Waals surface area contributed by atoms with Crippen LogP contribution in [0, 0.1) is 56.7 Å². The van der Waals surface area contributed by atoms with Crippen molar-refractivity contribution >= 4 is 23.6 Å². The fourth-order valence-corrected chi connectivity index (χ4v) is 12.2. The Kier molecular flexibility index (Phi) is 8.03. The highest BCUT2D eigenvalue weighted by Gasteiger charge is 2.72. The van der Waals surface area contributed by atoms with Gasteiger partial charge in [0.2, 0.25) is 5.91 Å². The van der Waals surface area contributed by atoms with Gasteiger partial charge in [-0.2, -0.15) is 0 Å². The van der Waals surface area contributed by atoms with Crippen molar-refractivity contribution in [1.82, 2.24) is 5.32 Å². The Morgan fingerprint density at radius 1 is 0.884 bits per heavy atom. The predicted octanol–water partition coefficient (Wildman–Crippen LogP) is 6.43. The van der Waals surface area contributed by atoms with Crippen LogP contribution in [0.1, 0.15) is 112 Å². The third kappa shape index (κ3) is 4.47. The number of ketones is 1. The van der Waals surface area contributed by atoms with Crippen LogP contribution < -0.4 is 5.32 Å². The molecule has 10 atom stereocenters. The molecule has 7 heteroatoms. The van der Waals surface area contributed by atoms with Crippen LogP contribution in [-0.4, -0.2) is 43.9 Å². The van der Waals surface area contributed by atoms with Crippen LogP contribution >= 0.6 is 0 Å². The molecule has 5 aliphatic carbocycles. The topological polar surface area (TPSA) is 98.8 Å². The molecule has 7 nitrogen and oxygen atoms in total. The van der Waals surface area contributed by atoms with Gasteiger partial charge >= 0.3 is 11.9 Å². The normalized spacial score (nSPS) is 43.6. The molecule has 0 aromatic rings. The van der Waals surface area contributed by atoms with E-state index in [1.54, 1.807) is 0 Å². The van der Waals surface area contributed by atoms with Crippen molar-refractivity contribution < 1.29 is 28.7 Å². The summed E-state index contributed by atoms with van der Waals surface area (Å²) in [6.45, 7) is 18.5. The number of ether oxygens (including phenoxy) is 2. The molecular weight excluding hydrogens is 542 g/mol. The van der Waals surface area contributed by atoms with E-state index < -0.39 is 23.4 Å². The Bertz CT molecular complexity index is 1210. The van der Waals surface area contributed by atoms with Crippen LogP contribution in [0.25, 0.3) is 0 Å². The third-order valence-corrected chi connectivity index (χ3v) is 14.7. The minimum absolute atomic E-state index is 0.0513. The summed E-state index contributed by atoms with van der Waals surface area (Å²) in [4.78, 5) is 52.3. The SMILES string of the molecule is C=C(C)C1CC[C@]2(C(=O)NC(CC(=O)OC)C(=O)OC)CC[C@]3(C)C(CCC4[C@@]5(C)CCC(=O)C(C)(C)C5CC[C@]43C)C12. The van der Waals surface area contributed by atoms with Gasteiger partial charge in [-0.25, -0.2) is 4.79 Å². The second-order valence-electron chi connectivity index (χ2n) is 16.3. The zero-order valence-electron chi connectivity index (χ0n) is 27.9. The van der Waals surface area contributed by atoms with E-state index in [1.165, 1.54) is 14.2 Å². The van der Waals surface area contributed by atoms with Gasteiger partial charge in [-0.3, -0.25) is 14.4 Å². The highest BCUT2D eigenvalue weighted by molar-refractivity contribution is 5.91. The molecule has 0 aromatic carbocycles. The lowest BCUT2D eigenvalue weighted by Crippen LogP contribution is -2.67. The minimum Gasteiger partial charge on any atom is -0.469 e. The molecule has 6 unspecified atom stereocenters. The average molecular weight is 598 g/mol. The van der Waals surface area contributed by atoms with E-state index in [1.807, 2.05) is 0 Å². The van der Waals surface area contributed by atoms with Gasteiger partial charge in [-0.05, 0) is 111 Å². The number of carbonyl (C=O) groups excluding carboxylic acids is 4. The van der Waals surface area contributed by atoms with Crippen molar-refractivity contribution in [2.24, 2.45) is 56.7 Å². The number of nitrogens with one attached hydrogen (secondary N) is 1. The number of allylic oxidation sites excluding steroid dienone is 1. The molecule has 5 aliphatic rings. The smallest absolute Gasteiger partial charge is 0.328 e. The summed E-state index contributed by atoms with van der Waals surface area (Å²) in [6, 6.07) is -1.07. The molecule has 0 bridgehead atoms. The largest absolute Gasteiger partial charge is 0.469 e. The second kappa shape index (κ2) is 10.7. The number of rotatable bonds is 6. The van der Waals surface area contributed by atoms with Crippen molar-refractivity contribution in [2.75, 3.05) is 14.2 Å². The summed E-state index contributed by atoms with van der Waals surface area (Å²) >= 11 is 0. The van der Waals surface area contributed by atoms with Gasteiger partial charge in [-0.15, -0.1) is 0 Å². The Morgan fingerprint density at radius 2 is 1.58 bits per heavy atom. The van der Waals surface area contributed by atoms with E-state index in [0.717, 1.165) is 63.4 Å². The van der Waals surface area contributed by atoms with E-state index in [4.69, 9.17) is 9.47 Å². The minimum atomic E-state index is -1.07. The van der Waals surface area contributed by atoms with Crippen molar-refractivity contribution in [1.29, 1.82) is 0 Å². The molecule has 0 heterocycles. The Hall–Kier alpha value is -2.18. The molecule has 0 aliphatic heterocycles. The second-order valence-corrected chi connectivity index (χ2v) is 16.3. The van der Waals surface area contributed by atoms with Gasteiger partial charge < -0.3 is 14.8 Å². The van der Waals surface area contributed by atoms with Gasteiger partial charge in [0, 0.05) is 11.8 Å². The molecular formula is C36H55NO6. The molecule has 5 saturated carbocycles. The Morgan fingerprint density at radius 3 is 2.21 bits per heavy atom. The summed E-state index contributed by atoms with van der Waals surface area (Å²) in [7, 11) is 2.55. The van der Waals surface area contributed by atoms with Crippen LogP contribution in [0.15, 0.2) is 12.2 Å². The fourth-order valence-electron chi connectivity index (χ4n) is 12.2. The highest BCUT2D eigenvalue weighted by Crippen LogP contribution is 2.77. The van der Waals surface area contributed by atoms with Crippen LogP contribution in [-0.2, 0) is 28.7 Å². The number of fused-ring (bicyclic) bond motifs is 7. The quantitative estimate of drug-likeness (QED) is 0.280. The Labute approximate surface area is 258 Å². The molecule has 0 radical (unpaired) electrons. The van der Waals surface area contributed by atoms with Gasteiger partial charge in [-0.1, -0.05) is 46.8 Å². The first-order valence-electron chi connectivity index (χ1n) is 16.7. The maximum Gasteiger partial charge on any atom is 0.328 e. The van der Waals surface area contributed by atoms with Crippen molar-refractivity contribution in [3.63, 3.8) is 0 Å². The number of esters is 2. The first-order chi connectivity index (χ1) is 20.0. The van der Waals surface area contributed by atoms with Gasteiger partial charge in [0.15, 0.2) is 0 Å². The zero-order chi connectivity index (χ0) is 31.8. The molecule has 240 valence electrons. The fraction of sp³-hybridized carbons (Fsp3) is 0.833. The van der Waals surface area contributed by atoms with Gasteiger partial charge in [0.05, 0.1) is 26.1 Å². The maximum atomic E-state index is 14.4. The first-order valence-corrected chi connectivity index (χ1v) is 16.7. The standard InChI is InChI=1S/C36H55NO6/c1-21(2)22-12-17-36(31(41)37-24(30(40)43-9)20-28(39)42-8)19-18-34(6)23(29(22)36)10-11-26-33(5)15-14-27(38)32(3,4)25(33)13-16-35(26,34)7/h22-26,29H,1,10-20H2,2-9H3,(H,37,41)/t22?,23?,24?,25?,26?,29?,33-,34+,35+,36-/m0/s1. The van der Waals surface area contributed by atoms with Crippen molar-refractivity contribution in [2.45, 2.75) is 118 Å². The molecule has 5 rings (SSSR count). The van der Waals surface area contributed by atoms with Crippen molar-refractivity contribution in [3.05, 3.63) is 12.2 Å². The highest BCUT2D eigenvalue weighted by atomic mass is 16.5. The number of hydrogen-bond acceptors (Lipinski definition) is 6. The summed E-state index contributed by atoms with van der Waals surface area (Å²) in [6.07, 6.45) is 9.21. The summed E-state index contributed by atoms with van der Waals surface area (Å²) in [5.74, 6) is 0.795. The van der Waals surface area contributed by atoms with Crippen LogP contribution in [0.3, 0.4) is 0 Å². The molecule has 1 amide bonds. The van der Waals surface area contributed by atoms with Crippen LogP contribution in [0.5, 0.6) is 0 Å². The zero-order valence-corrected chi connectivity index (χ0v) is 27.9. The molecule has 1 N–H and O–H groups in total. The number of Topliss-reactive ketones (excluding diaryl/α,β-unsaturated/α-hetero) is 1. The molecule has 0 aromatic heterocycles. The first kappa shape index (κ1) is 32.2. The number of amides is 1. The van der Waals surface area contributed by atoms with Gasteiger partial charge in [0.25, 0.3) is 0 Å². The Balaban J connectivity index is 1.50. The van der Waals surface area contributed by atoms with E-state index in [2.05, 4.69) is 53.4 Å². The third-order valence-electron chi connectivity index (χ3n) is 14.7. The lowest BCUT2D eigenvalue weighted by atomic mass is 9.32. The number of methoxy groups -OCH3 is 2. The van der Waals surface area contributed by atoms with E-state index >= 15 is 0 Å². The monoisotopic (exact) mass is 597 g/mol. The van der Waals surface area contributed by atoms with Crippen LogP contribution in [0.2, 0.25) is 0 Å². The van der Waals surface area contributed by atoms with Crippen molar-refractivity contribution in [3.8, 4) is 0 Å². The van der Waals surface area contributed by atoms with E-state index in [0.29, 0.717) is 30.0 Å². The maximum absolute atomic E-state index is 14.4. The lowest BCUT2D eigenvalue weighted by molar-refractivity contribution is -0.233. The van der Waals surface area contributed by atoms with E-state index in [-0.39, 0.29) is 45.8 Å². The summed E-state index contributed by atoms with van der Waals surface area (Å²) < 4.78 is 9.78. The lowest BCUT2D eigenvalue weighted by Gasteiger charge is -2.72. The molecule has 0 spiro atoms. The number of carbonyl (C=O) groups is 4.